The van der Waals surface area contributed by atoms with E-state index in [1.54, 1.807) is 0 Å². The van der Waals surface area contributed by atoms with E-state index < -0.39 is 6.04 Å². The molecule has 0 saturated carbocycles. The van der Waals surface area contributed by atoms with Gasteiger partial charge in [-0.05, 0) is 36.0 Å². The molecule has 0 aliphatic carbocycles. The number of halogens is 3. The first-order valence-corrected chi connectivity index (χ1v) is 8.66. The van der Waals surface area contributed by atoms with Crippen LogP contribution in [0.4, 0.5) is 0 Å². The van der Waals surface area contributed by atoms with Crippen molar-refractivity contribution in [3.63, 3.8) is 0 Å². The monoisotopic (exact) mass is 409 g/mol. The van der Waals surface area contributed by atoms with Crippen LogP contribution in [0, 0.1) is 5.41 Å². The minimum Gasteiger partial charge on any atom is -0.352 e. The molecule has 1 fully saturated rings. The fourth-order valence-corrected chi connectivity index (χ4v) is 2.89. The zero-order valence-corrected chi connectivity index (χ0v) is 17.5. The van der Waals surface area contributed by atoms with E-state index in [4.69, 9.17) is 17.3 Å². The fraction of sp³-hybridized carbons (Fsp3) is 0.611. The Morgan fingerprint density at radius 1 is 1.24 bits per heavy atom. The first-order chi connectivity index (χ1) is 10.8. The van der Waals surface area contributed by atoms with Crippen molar-refractivity contribution < 1.29 is 4.79 Å². The summed E-state index contributed by atoms with van der Waals surface area (Å²) in [5.41, 5.74) is 7.08. The Hall–Kier alpha value is -0.520. The number of hydrogen-bond acceptors (Lipinski definition) is 3. The largest absolute Gasteiger partial charge is 0.352 e. The third-order valence-electron chi connectivity index (χ3n) is 4.47. The van der Waals surface area contributed by atoms with Gasteiger partial charge in [0, 0.05) is 30.7 Å². The van der Waals surface area contributed by atoms with E-state index in [1.807, 2.05) is 32.9 Å². The van der Waals surface area contributed by atoms with Gasteiger partial charge in [0.15, 0.2) is 0 Å². The average molecular weight is 411 g/mol. The van der Waals surface area contributed by atoms with Crippen LogP contribution in [0.1, 0.15) is 39.2 Å². The van der Waals surface area contributed by atoms with E-state index >= 15 is 0 Å². The Labute approximate surface area is 168 Å². The van der Waals surface area contributed by atoms with E-state index in [0.29, 0.717) is 0 Å². The molecule has 144 valence electrons. The number of benzene rings is 1. The van der Waals surface area contributed by atoms with Gasteiger partial charge >= 0.3 is 0 Å². The second-order valence-corrected chi connectivity index (χ2v) is 7.97. The van der Waals surface area contributed by atoms with E-state index in [0.717, 1.165) is 37.5 Å². The number of hydrogen-bond donors (Lipinski definition) is 2. The summed E-state index contributed by atoms with van der Waals surface area (Å²) < 4.78 is 0. The van der Waals surface area contributed by atoms with Gasteiger partial charge in [-0.15, -0.1) is 24.8 Å². The quantitative estimate of drug-likeness (QED) is 0.796. The maximum atomic E-state index is 12.2. The summed E-state index contributed by atoms with van der Waals surface area (Å²) in [6.45, 7) is 8.87. The molecule has 3 N–H and O–H groups in total. The summed E-state index contributed by atoms with van der Waals surface area (Å²) in [7, 11) is 0. The first-order valence-electron chi connectivity index (χ1n) is 8.28. The highest BCUT2D eigenvalue weighted by molar-refractivity contribution is 6.30. The molecule has 1 heterocycles. The molecule has 0 aromatic heterocycles. The zero-order valence-electron chi connectivity index (χ0n) is 15.1. The lowest BCUT2D eigenvalue weighted by Crippen LogP contribution is -2.53. The van der Waals surface area contributed by atoms with Crippen molar-refractivity contribution >= 4 is 42.3 Å². The van der Waals surface area contributed by atoms with Crippen molar-refractivity contribution in [3.05, 3.63) is 34.9 Å². The lowest BCUT2D eigenvalue weighted by Gasteiger charge is -2.34. The molecule has 7 heteroatoms. The Kier molecular flexibility index (Phi) is 10.4. The number of nitrogens with two attached hydrogens (primary N) is 1. The summed E-state index contributed by atoms with van der Waals surface area (Å²) in [5, 5.41) is 3.88. The van der Waals surface area contributed by atoms with Crippen LogP contribution >= 0.6 is 36.4 Å². The number of carbonyl (C=O) groups is 1. The van der Waals surface area contributed by atoms with Gasteiger partial charge in [-0.3, -0.25) is 9.69 Å². The van der Waals surface area contributed by atoms with Crippen molar-refractivity contribution in [2.45, 2.75) is 52.2 Å². The Balaban J connectivity index is 0.00000288. The first kappa shape index (κ1) is 24.5. The number of piperidine rings is 1. The van der Waals surface area contributed by atoms with Gasteiger partial charge in [-0.2, -0.15) is 0 Å². The minimum absolute atomic E-state index is 0. The molecule has 1 atom stereocenters. The summed E-state index contributed by atoms with van der Waals surface area (Å²) in [6, 6.07) is 7.76. The summed E-state index contributed by atoms with van der Waals surface area (Å²) in [5.74, 6) is -0.0337. The third kappa shape index (κ3) is 7.71. The van der Waals surface area contributed by atoms with Gasteiger partial charge in [-0.25, -0.2) is 0 Å². The maximum Gasteiger partial charge on any atom is 0.237 e. The average Bonchev–Trinajstić information content (AvgIpc) is 2.50. The highest BCUT2D eigenvalue weighted by Crippen LogP contribution is 2.19. The molecule has 4 nitrogen and oxygen atoms in total. The minimum atomic E-state index is -0.463. The van der Waals surface area contributed by atoms with E-state index in [1.165, 1.54) is 5.56 Å². The van der Waals surface area contributed by atoms with Gasteiger partial charge in [0.05, 0.1) is 6.04 Å². The van der Waals surface area contributed by atoms with Crippen LogP contribution < -0.4 is 11.1 Å². The van der Waals surface area contributed by atoms with Crippen LogP contribution in [-0.4, -0.2) is 36.0 Å². The second-order valence-electron chi connectivity index (χ2n) is 7.53. The second kappa shape index (κ2) is 10.6. The third-order valence-corrected chi connectivity index (χ3v) is 4.72. The molecule has 0 radical (unpaired) electrons. The SMILES string of the molecule is CC(C)(C)[C@H](N)C(=O)NC1CCN(Cc2ccc(Cl)cc2)CC1.Cl.Cl. The highest BCUT2D eigenvalue weighted by Gasteiger charge is 2.29. The molecule has 0 spiro atoms. The van der Waals surface area contributed by atoms with Crippen molar-refractivity contribution in [1.29, 1.82) is 0 Å². The number of amides is 1. The zero-order chi connectivity index (χ0) is 17.0. The van der Waals surface area contributed by atoms with Crippen LogP contribution in [0.2, 0.25) is 5.02 Å². The molecule has 1 saturated heterocycles. The summed E-state index contributed by atoms with van der Waals surface area (Å²) in [6.07, 6.45) is 1.94. The fourth-order valence-electron chi connectivity index (χ4n) is 2.77. The van der Waals surface area contributed by atoms with Crippen molar-refractivity contribution in [2.75, 3.05) is 13.1 Å². The highest BCUT2D eigenvalue weighted by atomic mass is 35.5. The topological polar surface area (TPSA) is 58.4 Å². The maximum absolute atomic E-state index is 12.2. The van der Waals surface area contributed by atoms with Crippen LogP contribution in [-0.2, 0) is 11.3 Å². The number of nitrogens with one attached hydrogen (secondary N) is 1. The van der Waals surface area contributed by atoms with Crippen LogP contribution in [0.3, 0.4) is 0 Å². The molecule has 1 aromatic carbocycles. The standard InChI is InChI=1S/C18H28ClN3O.2ClH/c1-18(2,3)16(20)17(23)21-15-8-10-22(11-9-15)12-13-4-6-14(19)7-5-13;;/h4-7,15-16H,8-12,20H2,1-3H3,(H,21,23);2*1H/t16-;;/m1../s1. The summed E-state index contributed by atoms with van der Waals surface area (Å²) in [4.78, 5) is 14.6. The molecule has 1 aliphatic heterocycles. The Morgan fingerprint density at radius 3 is 2.24 bits per heavy atom. The Morgan fingerprint density at radius 2 is 1.76 bits per heavy atom. The Bertz CT molecular complexity index is 523. The molecule has 1 aliphatic rings. The van der Waals surface area contributed by atoms with Crippen molar-refractivity contribution in [2.24, 2.45) is 11.1 Å². The van der Waals surface area contributed by atoms with Gasteiger partial charge in [-0.1, -0.05) is 44.5 Å². The van der Waals surface area contributed by atoms with Gasteiger partial charge in [0.25, 0.3) is 0 Å². The number of nitrogens with zero attached hydrogens (tertiary/aromatic N) is 1. The predicted octanol–water partition coefficient (Wildman–Crippen LogP) is 3.64. The molecule has 0 bridgehead atoms. The van der Waals surface area contributed by atoms with Crippen LogP contribution in [0.25, 0.3) is 0 Å². The number of rotatable bonds is 4. The molecule has 1 aromatic rings. The van der Waals surface area contributed by atoms with Gasteiger partial charge < -0.3 is 11.1 Å². The lowest BCUT2D eigenvalue weighted by molar-refractivity contribution is -0.125. The molecule has 0 unspecified atom stereocenters. The van der Waals surface area contributed by atoms with Gasteiger partial charge in [0.2, 0.25) is 5.91 Å². The van der Waals surface area contributed by atoms with Crippen LogP contribution in [0.5, 0.6) is 0 Å². The molecule has 1 amide bonds. The van der Waals surface area contributed by atoms with Crippen LogP contribution in [0.15, 0.2) is 24.3 Å². The molecular weight excluding hydrogens is 381 g/mol. The summed E-state index contributed by atoms with van der Waals surface area (Å²) >= 11 is 5.92. The molecular formula is C18H30Cl3N3O. The number of carbonyl (C=O) groups excluding carboxylic acids is 1. The van der Waals surface area contributed by atoms with Crippen molar-refractivity contribution in [3.8, 4) is 0 Å². The van der Waals surface area contributed by atoms with Crippen molar-refractivity contribution in [1.82, 2.24) is 10.2 Å². The normalized spacial score (nSPS) is 17.2. The number of likely N-dealkylation sites (tertiary alicyclic amines) is 1. The van der Waals surface area contributed by atoms with E-state index in [2.05, 4.69) is 22.3 Å². The smallest absolute Gasteiger partial charge is 0.237 e. The molecule has 25 heavy (non-hydrogen) atoms. The van der Waals surface area contributed by atoms with E-state index in [-0.39, 0.29) is 42.2 Å². The lowest BCUT2D eigenvalue weighted by atomic mass is 9.86. The van der Waals surface area contributed by atoms with Gasteiger partial charge in [0.1, 0.15) is 0 Å². The molecule has 2 rings (SSSR count). The predicted molar refractivity (Wildman–Crippen MR) is 110 cm³/mol. The van der Waals surface area contributed by atoms with E-state index in [9.17, 15) is 4.79 Å².